The average molecular weight is 461 g/mol. The molecule has 0 N–H and O–H groups in total. The Labute approximate surface area is 117 Å². The smallest absolute Gasteiger partial charge is 0 e. The third-order valence-electron chi connectivity index (χ3n) is 0. The van der Waals surface area contributed by atoms with Crippen molar-refractivity contribution in [3.05, 3.63) is 0 Å². The van der Waals surface area contributed by atoms with Crippen LogP contribution in [0.3, 0.4) is 0 Å². The van der Waals surface area contributed by atoms with Crippen molar-refractivity contribution >= 4 is 0 Å². The van der Waals surface area contributed by atoms with Crippen LogP contribution in [0.15, 0.2) is 0 Å². The van der Waals surface area contributed by atoms with Crippen LogP contribution in [-0.2, 0) is 82.5 Å². The number of hydrogen-bond donors (Lipinski definition) is 0. The maximum absolute atomic E-state index is 0. The summed E-state index contributed by atoms with van der Waals surface area (Å²) in [6.45, 7) is 0. The van der Waals surface area contributed by atoms with Gasteiger partial charge in [-0.2, -0.15) is 0 Å². The van der Waals surface area contributed by atoms with Crippen molar-refractivity contribution in [3.63, 3.8) is 0 Å². The van der Waals surface area contributed by atoms with Gasteiger partial charge < -0.3 is 0 Å². The van der Waals surface area contributed by atoms with Crippen LogP contribution in [0.2, 0.25) is 0 Å². The molecule has 0 aromatic carbocycles. The minimum absolute atomic E-state index is 0. The first-order chi connectivity index (χ1) is 0. The fraction of sp³-hybridized carbons (Fsp3) is 0. The Morgan fingerprint density at radius 1 is 0.333 bits per heavy atom. The topological polar surface area (TPSA) is 0 Å². The van der Waals surface area contributed by atoms with Crippen LogP contribution in [-0.4, -0.2) is 0 Å². The minimum Gasteiger partial charge on any atom is 0 e. The van der Waals surface area contributed by atoms with Crippen LogP contribution in [0.25, 0.3) is 0 Å². The van der Waals surface area contributed by atoms with Crippen molar-refractivity contribution in [3.8, 4) is 0 Å². The third kappa shape index (κ3) is 25.2. The van der Waals surface area contributed by atoms with Gasteiger partial charge in [0, 0.05) is 120 Å². The van der Waals surface area contributed by atoms with E-state index in [1.807, 2.05) is 0 Å². The van der Waals surface area contributed by atoms with E-state index < -0.39 is 0 Å². The molecule has 6 heteroatoms. The van der Waals surface area contributed by atoms with Gasteiger partial charge in [0.15, 0.2) is 0 Å². The minimum atomic E-state index is 0. The molecular weight excluding hydrogens is 461 g/mol. The van der Waals surface area contributed by atoms with Gasteiger partial charge in [-0.25, -0.2) is 0 Å². The molecule has 0 aliphatic rings. The largest absolute Gasteiger partial charge is 0 e. The van der Waals surface area contributed by atoms with Crippen LogP contribution in [0.4, 0.5) is 0 Å². The first-order valence-corrected chi connectivity index (χ1v) is 0. The molecule has 0 nitrogen and oxygen atoms in total. The van der Waals surface area contributed by atoms with Crippen LogP contribution in [0.5, 0.6) is 0 Å². The molecule has 62 valence electrons. The monoisotopic (exact) mass is 456 g/mol. The van der Waals surface area contributed by atoms with Gasteiger partial charge in [-0.15, -0.1) is 0 Å². The molecule has 0 aromatic heterocycles. The average Bonchev–Trinajstić information content (AvgIpc) is 0. The molecule has 0 aromatic rings. The maximum atomic E-state index is 0. The van der Waals surface area contributed by atoms with E-state index in [0.717, 1.165) is 0 Å². The predicted molar refractivity (Wildman–Crippen MR) is 0 cm³/mol. The second kappa shape index (κ2) is 37.6. The summed E-state index contributed by atoms with van der Waals surface area (Å²) in [5.74, 6) is 0. The summed E-state index contributed by atoms with van der Waals surface area (Å²) in [7, 11) is 0. The zero-order chi connectivity index (χ0) is 0. The Kier molecular flexibility index (Phi) is 335. The molecule has 6 heavy (non-hydrogen) atoms. The summed E-state index contributed by atoms with van der Waals surface area (Å²) >= 11 is 0. The van der Waals surface area contributed by atoms with Crippen molar-refractivity contribution in [2.24, 2.45) is 0 Å². The van der Waals surface area contributed by atoms with Gasteiger partial charge in [0.05, 0.1) is 0 Å². The van der Waals surface area contributed by atoms with E-state index in [1.54, 1.807) is 0 Å². The zero-order valence-corrected chi connectivity index (χ0v) is 8.66. The molecule has 0 atom stereocenters. The molecule has 0 radical (unpaired) electrons. The second-order valence-corrected chi connectivity index (χ2v) is 0. The molecule has 0 aliphatic heterocycles. The fourth-order valence-corrected chi connectivity index (χ4v) is 0. The van der Waals surface area contributed by atoms with E-state index in [-0.39, 0.29) is 120 Å². The summed E-state index contributed by atoms with van der Waals surface area (Å²) in [6.07, 6.45) is 0. The standard InChI is InChI=1S/Er.5Ni. The molecule has 0 bridgehead atoms. The third-order valence-corrected chi connectivity index (χ3v) is 0. The predicted octanol–water partition coefficient (Wildman–Crippen LogP) is -0.0125. The Hall–Kier alpha value is 3.71. The van der Waals surface area contributed by atoms with Crippen molar-refractivity contribution in [2.45, 2.75) is 0 Å². The molecule has 0 unspecified atom stereocenters. The normalized spacial score (nSPS) is 0. The van der Waals surface area contributed by atoms with Crippen LogP contribution in [0, 0.1) is 37.3 Å². The molecule has 0 saturated heterocycles. The van der Waals surface area contributed by atoms with Crippen LogP contribution < -0.4 is 0 Å². The molecule has 0 heterocycles. The molecular formula is ErNi5. The van der Waals surface area contributed by atoms with E-state index in [9.17, 15) is 0 Å². The summed E-state index contributed by atoms with van der Waals surface area (Å²) in [4.78, 5) is 0. The quantitative estimate of drug-likeness (QED) is 0.446. The van der Waals surface area contributed by atoms with Gasteiger partial charge >= 0.3 is 0 Å². The molecule has 0 saturated carbocycles. The zero-order valence-electron chi connectivity index (χ0n) is 1.87. The number of rotatable bonds is 0. The summed E-state index contributed by atoms with van der Waals surface area (Å²) in [5.41, 5.74) is 0. The SMILES string of the molecule is [Er].[Ni].[Ni].[Ni].[Ni].[Ni]. The Morgan fingerprint density at radius 3 is 0.333 bits per heavy atom. The van der Waals surface area contributed by atoms with E-state index in [2.05, 4.69) is 0 Å². The summed E-state index contributed by atoms with van der Waals surface area (Å²) in [5, 5.41) is 0. The molecule has 0 amide bonds. The molecule has 0 aliphatic carbocycles. The number of hydrogen-bond acceptors (Lipinski definition) is 0. The first-order valence-electron chi connectivity index (χ1n) is 0. The Bertz CT molecular complexity index is 3.90. The van der Waals surface area contributed by atoms with E-state index in [0.29, 0.717) is 0 Å². The summed E-state index contributed by atoms with van der Waals surface area (Å²) < 4.78 is 0. The maximum Gasteiger partial charge on any atom is 0 e. The van der Waals surface area contributed by atoms with Gasteiger partial charge in [-0.1, -0.05) is 0 Å². The second-order valence-electron chi connectivity index (χ2n) is 0. The molecule has 0 spiro atoms. The molecule has 0 fully saturated rings. The van der Waals surface area contributed by atoms with Gasteiger partial charge in [-0.3, -0.25) is 0 Å². The van der Waals surface area contributed by atoms with E-state index in [1.165, 1.54) is 0 Å². The van der Waals surface area contributed by atoms with Gasteiger partial charge in [0.2, 0.25) is 0 Å². The van der Waals surface area contributed by atoms with Crippen molar-refractivity contribution < 1.29 is 120 Å². The summed E-state index contributed by atoms with van der Waals surface area (Å²) in [6, 6.07) is 0. The fourth-order valence-electron chi connectivity index (χ4n) is 0. The van der Waals surface area contributed by atoms with Crippen molar-refractivity contribution in [1.29, 1.82) is 0 Å². The first kappa shape index (κ1) is 53.5. The van der Waals surface area contributed by atoms with Crippen molar-refractivity contribution in [2.75, 3.05) is 0 Å². The van der Waals surface area contributed by atoms with E-state index in [4.69, 9.17) is 0 Å². The molecule has 0 rings (SSSR count). The van der Waals surface area contributed by atoms with Gasteiger partial charge in [-0.05, 0) is 0 Å². The van der Waals surface area contributed by atoms with E-state index >= 15 is 0 Å². The van der Waals surface area contributed by atoms with Crippen molar-refractivity contribution in [1.82, 2.24) is 0 Å². The van der Waals surface area contributed by atoms with Gasteiger partial charge in [0.25, 0.3) is 0 Å². The Balaban J connectivity index is 0. The van der Waals surface area contributed by atoms with Crippen LogP contribution in [0.1, 0.15) is 0 Å². The van der Waals surface area contributed by atoms with Crippen LogP contribution >= 0.6 is 0 Å². The Morgan fingerprint density at radius 2 is 0.333 bits per heavy atom. The van der Waals surface area contributed by atoms with Gasteiger partial charge in [0.1, 0.15) is 0 Å².